The number of aliphatic hydroxyl groups excluding tert-OH is 1. The van der Waals surface area contributed by atoms with Gasteiger partial charge in [0, 0.05) is 11.6 Å². The Morgan fingerprint density at radius 1 is 1.03 bits per heavy atom. The average Bonchev–Trinajstić information content (AvgIpc) is 2.73. The number of amides is 1. The molecule has 0 aliphatic heterocycles. The van der Waals surface area contributed by atoms with E-state index in [-0.39, 0.29) is 11.4 Å². The number of carbonyl (C=O) groups is 1. The first-order valence-electron chi connectivity index (χ1n) is 9.16. The van der Waals surface area contributed by atoms with Crippen LogP contribution in [-0.4, -0.2) is 39.6 Å². The summed E-state index contributed by atoms with van der Waals surface area (Å²) in [6.07, 6.45) is -9.19. The lowest BCUT2D eigenvalue weighted by Gasteiger charge is -2.17. The van der Waals surface area contributed by atoms with Gasteiger partial charge >= 0.3 is 0 Å². The van der Waals surface area contributed by atoms with Gasteiger partial charge in [0.15, 0.2) is 6.10 Å². The molecule has 0 aliphatic rings. The second-order valence-corrected chi connectivity index (χ2v) is 6.85. The quantitative estimate of drug-likeness (QED) is 0.444. The second-order valence-electron chi connectivity index (χ2n) is 6.85. The summed E-state index contributed by atoms with van der Waals surface area (Å²) in [5.74, 6) is -3.47. The first-order valence-corrected chi connectivity index (χ1v) is 9.16. The normalized spacial score (nSPS) is 13.1. The number of aliphatic hydroxyl groups is 1. The molecule has 0 fully saturated rings. The molecule has 1 heterocycles. The fraction of sp³-hybridized carbons (Fsp3) is 0.190. The summed E-state index contributed by atoms with van der Waals surface area (Å²) in [4.78, 5) is 25.3. The van der Waals surface area contributed by atoms with E-state index in [9.17, 15) is 31.5 Å². The van der Waals surface area contributed by atoms with E-state index in [0.717, 1.165) is 23.8 Å². The van der Waals surface area contributed by atoms with Crippen molar-refractivity contribution in [1.82, 2.24) is 15.1 Å². The number of halogens is 5. The van der Waals surface area contributed by atoms with Crippen LogP contribution in [-0.2, 0) is 0 Å². The van der Waals surface area contributed by atoms with Crippen molar-refractivity contribution in [3.8, 4) is 16.9 Å². The van der Waals surface area contributed by atoms with Crippen molar-refractivity contribution >= 4 is 5.91 Å². The largest absolute Gasteiger partial charge is 0.382 e. The van der Waals surface area contributed by atoms with Gasteiger partial charge in [-0.1, -0.05) is 29.8 Å². The van der Waals surface area contributed by atoms with E-state index in [4.69, 9.17) is 5.11 Å². The third-order valence-corrected chi connectivity index (χ3v) is 4.42. The van der Waals surface area contributed by atoms with E-state index < -0.39 is 47.5 Å². The highest BCUT2D eigenvalue weighted by Crippen LogP contribution is 2.19. The van der Waals surface area contributed by atoms with Crippen molar-refractivity contribution in [2.45, 2.75) is 25.7 Å². The summed E-state index contributed by atoms with van der Waals surface area (Å²) in [6, 6.07) is 9.71. The van der Waals surface area contributed by atoms with Gasteiger partial charge in [0.05, 0.1) is 11.4 Å². The Bertz CT molecular complexity index is 1180. The molecule has 0 saturated carbocycles. The number of hydrogen-bond donors (Lipinski definition) is 2. The fourth-order valence-corrected chi connectivity index (χ4v) is 2.78. The zero-order valence-electron chi connectivity index (χ0n) is 16.4. The molecule has 168 valence electrons. The number of rotatable bonds is 6. The number of benzene rings is 2. The molecule has 1 amide bonds. The number of nitrogens with zero attached hydrogens (tertiary/aromatic N) is 2. The molecule has 0 saturated heterocycles. The van der Waals surface area contributed by atoms with Crippen molar-refractivity contribution in [2.75, 3.05) is 0 Å². The van der Waals surface area contributed by atoms with Crippen LogP contribution in [0.25, 0.3) is 16.9 Å². The molecule has 2 aromatic carbocycles. The van der Waals surface area contributed by atoms with Gasteiger partial charge in [0.2, 0.25) is 6.30 Å². The van der Waals surface area contributed by atoms with Crippen LogP contribution in [0.2, 0.25) is 0 Å². The third-order valence-electron chi connectivity index (χ3n) is 4.42. The molecule has 0 aliphatic carbocycles. The number of alkyl halides is 3. The van der Waals surface area contributed by atoms with Crippen molar-refractivity contribution in [3.05, 3.63) is 81.6 Å². The lowest BCUT2D eigenvalue weighted by Crippen LogP contribution is -2.45. The molecule has 32 heavy (non-hydrogen) atoms. The minimum atomic E-state index is -3.49. The molecule has 2 atom stereocenters. The number of aromatic nitrogens is 2. The van der Waals surface area contributed by atoms with Crippen LogP contribution in [0.5, 0.6) is 0 Å². The van der Waals surface area contributed by atoms with Crippen molar-refractivity contribution < 1.29 is 31.9 Å². The van der Waals surface area contributed by atoms with Crippen LogP contribution in [0, 0.1) is 18.6 Å². The first kappa shape index (κ1) is 23.1. The third kappa shape index (κ3) is 4.99. The number of nitrogens with one attached hydrogen (secondary N) is 1. The average molecular weight is 453 g/mol. The van der Waals surface area contributed by atoms with Crippen molar-refractivity contribution in [2.24, 2.45) is 0 Å². The Labute approximate surface area is 177 Å². The monoisotopic (exact) mass is 453 g/mol. The smallest absolute Gasteiger partial charge is 0.284 e. The predicted molar refractivity (Wildman–Crippen MR) is 104 cm³/mol. The molecule has 2 unspecified atom stereocenters. The minimum absolute atomic E-state index is 0.00392. The zero-order chi connectivity index (χ0) is 23.6. The molecular weight excluding hydrogens is 437 g/mol. The molecule has 3 aromatic rings. The highest BCUT2D eigenvalue weighted by molar-refractivity contribution is 5.95. The van der Waals surface area contributed by atoms with Gasteiger partial charge in [-0.2, -0.15) is 9.78 Å². The summed E-state index contributed by atoms with van der Waals surface area (Å²) in [5.41, 5.74) is -1.01. The van der Waals surface area contributed by atoms with Gasteiger partial charge in [0.1, 0.15) is 17.2 Å². The Kier molecular flexibility index (Phi) is 6.68. The fourth-order valence-electron chi connectivity index (χ4n) is 2.78. The zero-order valence-corrected chi connectivity index (χ0v) is 16.4. The highest BCUT2D eigenvalue weighted by atomic mass is 19.3. The molecule has 6 nitrogen and oxygen atoms in total. The van der Waals surface area contributed by atoms with Crippen LogP contribution >= 0.6 is 0 Å². The van der Waals surface area contributed by atoms with Crippen molar-refractivity contribution in [1.29, 1.82) is 0 Å². The number of hydrogen-bond acceptors (Lipinski definition) is 4. The van der Waals surface area contributed by atoms with Gasteiger partial charge < -0.3 is 10.4 Å². The number of carbonyl (C=O) groups excluding carboxylic acids is 1. The Hall–Kier alpha value is -3.60. The molecule has 0 radical (unpaired) electrons. The molecule has 11 heteroatoms. The van der Waals surface area contributed by atoms with Crippen LogP contribution in [0.4, 0.5) is 22.0 Å². The first-order chi connectivity index (χ1) is 15.1. The van der Waals surface area contributed by atoms with E-state index in [2.05, 4.69) is 5.10 Å². The SMILES string of the molecule is Cc1ccc(-c2cc(C(=O)NC(F)C(O)C(F)F)c(=O)n(-c3cc(F)cc(F)c3)n2)cc1. The van der Waals surface area contributed by atoms with Gasteiger partial charge in [-0.15, -0.1) is 0 Å². The summed E-state index contributed by atoms with van der Waals surface area (Å²) in [6.45, 7) is 1.81. The van der Waals surface area contributed by atoms with Gasteiger partial charge in [-0.25, -0.2) is 22.0 Å². The van der Waals surface area contributed by atoms with Crippen LogP contribution in [0.3, 0.4) is 0 Å². The Morgan fingerprint density at radius 2 is 1.62 bits per heavy atom. The summed E-state index contributed by atoms with van der Waals surface area (Å²) in [7, 11) is 0. The van der Waals surface area contributed by atoms with Crippen LogP contribution in [0.1, 0.15) is 15.9 Å². The van der Waals surface area contributed by atoms with Gasteiger partial charge in [-0.05, 0) is 25.1 Å². The molecule has 0 bridgehead atoms. The summed E-state index contributed by atoms with van der Waals surface area (Å²) >= 11 is 0. The van der Waals surface area contributed by atoms with Crippen LogP contribution in [0.15, 0.2) is 53.3 Å². The predicted octanol–water partition coefficient (Wildman–Crippen LogP) is 3.14. The standard InChI is InChI=1S/C21H16F5N3O3/c1-10-2-4-11(5-3-10)16-9-15(20(31)27-19(26)17(30)18(24)25)21(32)29(28-16)14-7-12(22)6-13(23)8-14/h2-9,17-19,30H,1H3,(H,27,31). The maximum Gasteiger partial charge on any atom is 0.284 e. The maximum atomic E-state index is 13.8. The highest BCUT2D eigenvalue weighted by Gasteiger charge is 2.30. The maximum absolute atomic E-state index is 13.8. The molecular formula is C21H16F5N3O3. The Balaban J connectivity index is 2.15. The van der Waals surface area contributed by atoms with E-state index >= 15 is 0 Å². The van der Waals surface area contributed by atoms with Crippen LogP contribution < -0.4 is 10.9 Å². The minimum Gasteiger partial charge on any atom is -0.382 e. The lowest BCUT2D eigenvalue weighted by atomic mass is 10.1. The van der Waals surface area contributed by atoms with E-state index in [1.54, 1.807) is 24.3 Å². The number of aryl methyl sites for hydroxylation is 1. The molecule has 1 aromatic heterocycles. The van der Waals surface area contributed by atoms with Gasteiger partial charge in [-0.3, -0.25) is 9.59 Å². The topological polar surface area (TPSA) is 84.2 Å². The lowest BCUT2D eigenvalue weighted by molar-refractivity contribution is -0.0551. The van der Waals surface area contributed by atoms with Gasteiger partial charge in [0.25, 0.3) is 17.9 Å². The van der Waals surface area contributed by atoms with E-state index in [1.807, 2.05) is 6.92 Å². The Morgan fingerprint density at radius 3 is 2.19 bits per heavy atom. The van der Waals surface area contributed by atoms with Crippen molar-refractivity contribution in [3.63, 3.8) is 0 Å². The summed E-state index contributed by atoms with van der Waals surface area (Å²) < 4.78 is 66.8. The summed E-state index contributed by atoms with van der Waals surface area (Å²) in [5, 5.41) is 14.6. The van der Waals surface area contributed by atoms with E-state index in [0.29, 0.717) is 16.3 Å². The molecule has 2 N–H and O–H groups in total. The molecule has 3 rings (SSSR count). The second kappa shape index (κ2) is 9.27. The molecule has 0 spiro atoms. The van der Waals surface area contributed by atoms with E-state index in [1.165, 1.54) is 5.32 Å².